The normalized spacial score (nSPS) is 11.6. The molecular weight excluding hydrogens is 430 g/mol. The molecule has 3 aromatic rings. The van der Waals surface area contributed by atoms with Gasteiger partial charge >= 0.3 is 6.18 Å². The molecule has 0 spiro atoms. The van der Waals surface area contributed by atoms with Gasteiger partial charge in [0, 0.05) is 43.7 Å². The van der Waals surface area contributed by atoms with Gasteiger partial charge in [-0.2, -0.15) is 13.2 Å². The van der Waals surface area contributed by atoms with E-state index in [-0.39, 0.29) is 12.1 Å². The van der Waals surface area contributed by atoms with Gasteiger partial charge in [-0.1, -0.05) is 12.1 Å². The Hall–Kier alpha value is -3.14. The Morgan fingerprint density at radius 2 is 1.81 bits per heavy atom. The van der Waals surface area contributed by atoms with Crippen molar-refractivity contribution < 1.29 is 31.8 Å². The number of alkyl halides is 3. The van der Waals surface area contributed by atoms with E-state index in [9.17, 15) is 17.6 Å². The molecule has 32 heavy (non-hydrogen) atoms. The van der Waals surface area contributed by atoms with E-state index < -0.39 is 17.6 Å². The van der Waals surface area contributed by atoms with E-state index in [1.807, 2.05) is 0 Å². The van der Waals surface area contributed by atoms with Crippen LogP contribution < -0.4 is 14.8 Å². The van der Waals surface area contributed by atoms with E-state index in [1.54, 1.807) is 26.2 Å². The number of nitrogens with one attached hydrogen (secondary N) is 1. The lowest BCUT2D eigenvalue weighted by Crippen LogP contribution is -2.12. The molecule has 1 N–H and O–H groups in total. The number of aryl methyl sites for hydroxylation is 1. The summed E-state index contributed by atoms with van der Waals surface area (Å²) in [5.41, 5.74) is -0.892. The standard InChI is InChI=1S/C22H23F4N3O3/c1-13-28-17-11-18(31-3)19(32-9-5-8-30-2)10-15(17)21(29-13)27-12-14-6-4-7-16(20(14)23)22(24,25)26/h4,6-7,10-11H,5,8-9,12H2,1-3H3,(H,27,28,29). The first-order valence-corrected chi connectivity index (χ1v) is 9.81. The summed E-state index contributed by atoms with van der Waals surface area (Å²) in [6, 6.07) is 6.55. The van der Waals surface area contributed by atoms with Crippen LogP contribution in [0.2, 0.25) is 0 Å². The molecule has 0 saturated heterocycles. The van der Waals surface area contributed by atoms with Crippen molar-refractivity contribution in [2.24, 2.45) is 0 Å². The van der Waals surface area contributed by atoms with Crippen LogP contribution >= 0.6 is 0 Å². The zero-order chi connectivity index (χ0) is 23.3. The maximum absolute atomic E-state index is 14.4. The number of aromatic nitrogens is 2. The first kappa shape index (κ1) is 23.5. The number of rotatable bonds is 9. The van der Waals surface area contributed by atoms with Crippen molar-refractivity contribution in [1.29, 1.82) is 0 Å². The van der Waals surface area contributed by atoms with Gasteiger partial charge in [-0.3, -0.25) is 0 Å². The number of ether oxygens (including phenoxy) is 3. The number of halogens is 4. The fourth-order valence-electron chi connectivity index (χ4n) is 3.16. The zero-order valence-corrected chi connectivity index (χ0v) is 17.8. The SMILES string of the molecule is COCCCOc1cc2c(NCc3cccc(C(F)(F)F)c3F)nc(C)nc2cc1OC. The summed E-state index contributed by atoms with van der Waals surface area (Å²) < 4.78 is 69.6. The largest absolute Gasteiger partial charge is 0.493 e. The second kappa shape index (κ2) is 9.99. The summed E-state index contributed by atoms with van der Waals surface area (Å²) in [6.07, 6.45) is -4.11. The first-order valence-electron chi connectivity index (χ1n) is 9.81. The van der Waals surface area contributed by atoms with Crippen LogP contribution in [0.1, 0.15) is 23.4 Å². The lowest BCUT2D eigenvalue weighted by atomic mass is 10.1. The quantitative estimate of drug-likeness (QED) is 0.358. The third-order valence-electron chi connectivity index (χ3n) is 4.67. The lowest BCUT2D eigenvalue weighted by Gasteiger charge is -2.15. The molecule has 0 aliphatic rings. The van der Waals surface area contributed by atoms with E-state index >= 15 is 0 Å². The van der Waals surface area contributed by atoms with E-state index in [2.05, 4.69) is 15.3 Å². The molecule has 10 heteroatoms. The highest BCUT2D eigenvalue weighted by Gasteiger charge is 2.34. The van der Waals surface area contributed by atoms with Crippen LogP contribution in [0, 0.1) is 12.7 Å². The lowest BCUT2D eigenvalue weighted by molar-refractivity contribution is -0.140. The summed E-state index contributed by atoms with van der Waals surface area (Å²) in [4.78, 5) is 8.73. The minimum absolute atomic E-state index is 0.131. The van der Waals surface area contributed by atoms with Crippen LogP contribution in [0.15, 0.2) is 30.3 Å². The zero-order valence-electron chi connectivity index (χ0n) is 17.8. The molecule has 0 unspecified atom stereocenters. The molecular formula is C22H23F4N3O3. The summed E-state index contributed by atoms with van der Waals surface area (Å²) >= 11 is 0. The highest BCUT2D eigenvalue weighted by molar-refractivity contribution is 5.91. The first-order chi connectivity index (χ1) is 15.2. The Labute approximate surface area is 182 Å². The molecule has 2 aromatic carbocycles. The summed E-state index contributed by atoms with van der Waals surface area (Å²) in [7, 11) is 3.11. The Morgan fingerprint density at radius 1 is 1.03 bits per heavy atom. The minimum Gasteiger partial charge on any atom is -0.493 e. The number of nitrogens with zero attached hydrogens (tertiary/aromatic N) is 2. The van der Waals surface area contributed by atoms with E-state index in [4.69, 9.17) is 14.2 Å². The monoisotopic (exact) mass is 453 g/mol. The molecule has 0 amide bonds. The van der Waals surface area contributed by atoms with Gasteiger partial charge < -0.3 is 19.5 Å². The maximum Gasteiger partial charge on any atom is 0.419 e. The second-order valence-corrected chi connectivity index (χ2v) is 6.96. The van der Waals surface area contributed by atoms with Crippen molar-refractivity contribution in [2.75, 3.05) is 32.8 Å². The van der Waals surface area contributed by atoms with Gasteiger partial charge in [-0.05, 0) is 19.1 Å². The fourth-order valence-corrected chi connectivity index (χ4v) is 3.16. The molecule has 6 nitrogen and oxygen atoms in total. The number of hydrogen-bond donors (Lipinski definition) is 1. The summed E-state index contributed by atoms with van der Waals surface area (Å²) in [5, 5.41) is 3.49. The smallest absolute Gasteiger partial charge is 0.419 e. The molecule has 1 heterocycles. The van der Waals surface area contributed by atoms with Gasteiger partial charge in [0.2, 0.25) is 0 Å². The average molecular weight is 453 g/mol. The van der Waals surface area contributed by atoms with Crippen LogP contribution in [0.3, 0.4) is 0 Å². The van der Waals surface area contributed by atoms with E-state index in [1.165, 1.54) is 19.2 Å². The van der Waals surface area contributed by atoms with Gasteiger partial charge in [0.1, 0.15) is 17.5 Å². The number of benzene rings is 2. The molecule has 0 saturated carbocycles. The van der Waals surface area contributed by atoms with Gasteiger partial charge in [-0.25, -0.2) is 14.4 Å². The van der Waals surface area contributed by atoms with Gasteiger partial charge in [-0.15, -0.1) is 0 Å². The molecule has 0 bridgehead atoms. The number of fused-ring (bicyclic) bond motifs is 1. The minimum atomic E-state index is -4.77. The maximum atomic E-state index is 14.4. The Morgan fingerprint density at radius 3 is 2.50 bits per heavy atom. The topological polar surface area (TPSA) is 65.5 Å². The van der Waals surface area contributed by atoms with Gasteiger partial charge in [0.15, 0.2) is 11.5 Å². The highest BCUT2D eigenvalue weighted by Crippen LogP contribution is 2.35. The van der Waals surface area contributed by atoms with Crippen LogP contribution in [-0.2, 0) is 17.5 Å². The highest BCUT2D eigenvalue weighted by atomic mass is 19.4. The van der Waals surface area contributed by atoms with Crippen LogP contribution in [0.25, 0.3) is 10.9 Å². The van der Waals surface area contributed by atoms with E-state index in [0.29, 0.717) is 59.7 Å². The Bertz CT molecular complexity index is 1090. The molecule has 0 fully saturated rings. The molecule has 3 rings (SSSR count). The van der Waals surface area contributed by atoms with Crippen molar-refractivity contribution in [3.8, 4) is 11.5 Å². The van der Waals surface area contributed by atoms with Crippen LogP contribution in [0.5, 0.6) is 11.5 Å². The van der Waals surface area contributed by atoms with Crippen molar-refractivity contribution in [3.63, 3.8) is 0 Å². The number of hydrogen-bond acceptors (Lipinski definition) is 6. The van der Waals surface area contributed by atoms with Gasteiger partial charge in [0.25, 0.3) is 0 Å². The fraction of sp³-hybridized carbons (Fsp3) is 0.364. The predicted molar refractivity (Wildman–Crippen MR) is 112 cm³/mol. The van der Waals surface area contributed by atoms with Crippen LogP contribution in [0.4, 0.5) is 23.4 Å². The Balaban J connectivity index is 1.92. The van der Waals surface area contributed by atoms with Crippen LogP contribution in [-0.4, -0.2) is 37.4 Å². The summed E-state index contributed by atoms with van der Waals surface area (Å²) in [6.45, 7) is 2.41. The molecule has 0 atom stereocenters. The third-order valence-corrected chi connectivity index (χ3v) is 4.67. The molecule has 0 radical (unpaired) electrons. The third kappa shape index (κ3) is 5.37. The average Bonchev–Trinajstić information content (AvgIpc) is 2.74. The van der Waals surface area contributed by atoms with Crippen molar-refractivity contribution in [2.45, 2.75) is 26.1 Å². The second-order valence-electron chi connectivity index (χ2n) is 6.96. The number of methoxy groups -OCH3 is 2. The number of anilines is 1. The van der Waals surface area contributed by atoms with Crippen molar-refractivity contribution in [1.82, 2.24) is 9.97 Å². The van der Waals surface area contributed by atoms with Crippen molar-refractivity contribution in [3.05, 3.63) is 53.1 Å². The predicted octanol–water partition coefficient (Wildman–Crippen LogP) is 5.13. The van der Waals surface area contributed by atoms with Crippen molar-refractivity contribution >= 4 is 16.7 Å². The van der Waals surface area contributed by atoms with E-state index in [0.717, 1.165) is 0 Å². The molecule has 0 aliphatic heterocycles. The van der Waals surface area contributed by atoms with Gasteiger partial charge in [0.05, 0.1) is 24.8 Å². The summed E-state index contributed by atoms with van der Waals surface area (Å²) in [5.74, 6) is 0.389. The Kier molecular flexibility index (Phi) is 7.34. The molecule has 172 valence electrons. The molecule has 1 aromatic heterocycles. The molecule has 0 aliphatic carbocycles.